The Bertz CT molecular complexity index is 1300. The van der Waals surface area contributed by atoms with Gasteiger partial charge in [0.2, 0.25) is 0 Å². The summed E-state index contributed by atoms with van der Waals surface area (Å²) in [7, 11) is 0. The molecule has 2 heterocycles. The second-order valence-electron chi connectivity index (χ2n) is 9.03. The minimum Gasteiger partial charge on any atom is -0.410 e. The molecule has 178 valence electrons. The second-order valence-corrected chi connectivity index (χ2v) is 9.03. The van der Waals surface area contributed by atoms with Gasteiger partial charge in [0.25, 0.3) is 11.6 Å². The molecule has 0 spiro atoms. The van der Waals surface area contributed by atoms with Gasteiger partial charge in [0.1, 0.15) is 5.75 Å². The summed E-state index contributed by atoms with van der Waals surface area (Å²) in [4.78, 5) is 39.9. The maximum absolute atomic E-state index is 13.4. The summed E-state index contributed by atoms with van der Waals surface area (Å²) in [5, 5.41) is 10.8. The third-order valence-electron chi connectivity index (χ3n) is 6.74. The Labute approximate surface area is 202 Å². The highest BCUT2D eigenvalue weighted by Gasteiger charge is 2.29. The SMILES string of the molecule is C[C@@H]1Cc2ccccc2CN1C(=O)c1ccc2c(c1)CN(C(=O)Oc1ccc([N+](=O)[O-])cc1)CC2. The van der Waals surface area contributed by atoms with E-state index in [-0.39, 0.29) is 23.4 Å². The molecule has 0 unspecified atom stereocenters. The van der Waals surface area contributed by atoms with Gasteiger partial charge in [-0.05, 0) is 66.3 Å². The van der Waals surface area contributed by atoms with Crippen LogP contribution in [0, 0.1) is 10.1 Å². The van der Waals surface area contributed by atoms with Crippen molar-refractivity contribution in [3.63, 3.8) is 0 Å². The quantitative estimate of drug-likeness (QED) is 0.406. The minimum atomic E-state index is -0.525. The summed E-state index contributed by atoms with van der Waals surface area (Å²) >= 11 is 0. The molecule has 35 heavy (non-hydrogen) atoms. The number of fused-ring (bicyclic) bond motifs is 2. The molecule has 0 saturated carbocycles. The van der Waals surface area contributed by atoms with Crippen molar-refractivity contribution >= 4 is 17.7 Å². The molecule has 2 aliphatic rings. The maximum atomic E-state index is 13.4. The van der Waals surface area contributed by atoms with Crippen LogP contribution in [0.2, 0.25) is 0 Å². The van der Waals surface area contributed by atoms with Crippen molar-refractivity contribution in [1.29, 1.82) is 0 Å². The lowest BCUT2D eigenvalue weighted by atomic mass is 9.93. The molecule has 0 radical (unpaired) electrons. The molecule has 0 bridgehead atoms. The van der Waals surface area contributed by atoms with Gasteiger partial charge in [0.05, 0.1) is 4.92 Å². The summed E-state index contributed by atoms with van der Waals surface area (Å²) in [6.07, 6.45) is 0.962. The first-order valence-electron chi connectivity index (χ1n) is 11.6. The van der Waals surface area contributed by atoms with E-state index in [4.69, 9.17) is 4.74 Å². The molecule has 0 fully saturated rings. The zero-order valence-electron chi connectivity index (χ0n) is 19.3. The molecule has 3 aromatic rings. The maximum Gasteiger partial charge on any atom is 0.415 e. The lowest BCUT2D eigenvalue weighted by Crippen LogP contribution is -2.42. The van der Waals surface area contributed by atoms with Gasteiger partial charge in [-0.2, -0.15) is 0 Å². The number of hydrogen-bond donors (Lipinski definition) is 0. The number of nitro benzene ring substituents is 1. The average Bonchev–Trinajstić information content (AvgIpc) is 2.87. The van der Waals surface area contributed by atoms with E-state index >= 15 is 0 Å². The molecule has 0 saturated heterocycles. The van der Waals surface area contributed by atoms with Gasteiger partial charge in [0, 0.05) is 43.4 Å². The first kappa shape index (κ1) is 22.6. The van der Waals surface area contributed by atoms with Crippen LogP contribution in [0.4, 0.5) is 10.5 Å². The highest BCUT2D eigenvalue weighted by Crippen LogP contribution is 2.27. The molecule has 3 aromatic carbocycles. The standard InChI is InChI=1S/C27H25N3O5/c1-18-14-20-4-2-3-5-22(20)17-29(18)26(31)21-7-6-19-12-13-28(16-23(19)15-21)27(32)35-25-10-8-24(9-11-25)30(33)34/h2-11,15,18H,12-14,16-17H2,1H3/t18-/m1/s1. The molecule has 1 atom stereocenters. The monoisotopic (exact) mass is 471 g/mol. The van der Waals surface area contributed by atoms with E-state index in [9.17, 15) is 19.7 Å². The van der Waals surface area contributed by atoms with E-state index in [1.165, 1.54) is 35.4 Å². The fourth-order valence-electron chi connectivity index (χ4n) is 4.76. The Kier molecular flexibility index (Phi) is 5.94. The van der Waals surface area contributed by atoms with Gasteiger partial charge in [-0.15, -0.1) is 0 Å². The Morgan fingerprint density at radius 2 is 1.69 bits per heavy atom. The van der Waals surface area contributed by atoms with Crippen LogP contribution in [0.5, 0.6) is 5.75 Å². The number of hydrogen-bond acceptors (Lipinski definition) is 5. The van der Waals surface area contributed by atoms with Crippen molar-refractivity contribution in [3.8, 4) is 5.75 Å². The second kappa shape index (κ2) is 9.21. The molecule has 0 aromatic heterocycles. The number of carbonyl (C=O) groups excluding carboxylic acids is 2. The van der Waals surface area contributed by atoms with Crippen LogP contribution in [-0.4, -0.2) is 39.3 Å². The van der Waals surface area contributed by atoms with Crippen LogP contribution in [0.3, 0.4) is 0 Å². The van der Waals surface area contributed by atoms with Crippen LogP contribution in [-0.2, 0) is 25.9 Å². The largest absolute Gasteiger partial charge is 0.415 e. The van der Waals surface area contributed by atoms with E-state index in [1.54, 1.807) is 4.90 Å². The molecule has 0 aliphatic carbocycles. The normalized spacial score (nSPS) is 16.8. The number of ether oxygens (including phenoxy) is 1. The van der Waals surface area contributed by atoms with Crippen LogP contribution in [0.15, 0.2) is 66.7 Å². The number of nitrogens with zero attached hydrogens (tertiary/aromatic N) is 3. The summed E-state index contributed by atoms with van der Waals surface area (Å²) < 4.78 is 5.41. The molecule has 2 amide bonds. The lowest BCUT2D eigenvalue weighted by molar-refractivity contribution is -0.384. The third-order valence-corrected chi connectivity index (χ3v) is 6.74. The Hall–Kier alpha value is -4.20. The summed E-state index contributed by atoms with van der Waals surface area (Å²) in [6.45, 7) is 3.48. The van der Waals surface area contributed by atoms with Crippen LogP contribution < -0.4 is 4.74 Å². The molecular weight excluding hydrogens is 446 g/mol. The molecule has 0 N–H and O–H groups in total. The summed E-state index contributed by atoms with van der Waals surface area (Å²) in [5.74, 6) is 0.232. The van der Waals surface area contributed by atoms with E-state index in [1.807, 2.05) is 35.2 Å². The van der Waals surface area contributed by atoms with Crippen molar-refractivity contribution < 1.29 is 19.2 Å². The van der Waals surface area contributed by atoms with Crippen molar-refractivity contribution in [2.24, 2.45) is 0 Å². The van der Waals surface area contributed by atoms with E-state index in [2.05, 4.69) is 19.1 Å². The van der Waals surface area contributed by atoms with Crippen molar-refractivity contribution in [2.75, 3.05) is 6.54 Å². The Morgan fingerprint density at radius 3 is 2.43 bits per heavy atom. The van der Waals surface area contributed by atoms with Gasteiger partial charge in [-0.1, -0.05) is 30.3 Å². The lowest BCUT2D eigenvalue weighted by Gasteiger charge is -2.35. The van der Waals surface area contributed by atoms with Gasteiger partial charge in [-0.25, -0.2) is 4.79 Å². The zero-order valence-corrected chi connectivity index (χ0v) is 19.3. The fourth-order valence-corrected chi connectivity index (χ4v) is 4.76. The van der Waals surface area contributed by atoms with Crippen molar-refractivity contribution in [1.82, 2.24) is 9.80 Å². The van der Waals surface area contributed by atoms with E-state index in [0.29, 0.717) is 31.6 Å². The number of nitro groups is 1. The Morgan fingerprint density at radius 1 is 0.943 bits per heavy atom. The topological polar surface area (TPSA) is 93.0 Å². The highest BCUT2D eigenvalue weighted by atomic mass is 16.6. The highest BCUT2D eigenvalue weighted by molar-refractivity contribution is 5.95. The number of rotatable bonds is 3. The molecular formula is C27H25N3O5. The van der Waals surface area contributed by atoms with Gasteiger partial charge in [0.15, 0.2) is 0 Å². The predicted octanol–water partition coefficient (Wildman–Crippen LogP) is 4.74. The predicted molar refractivity (Wildman–Crippen MR) is 129 cm³/mol. The van der Waals surface area contributed by atoms with Crippen LogP contribution in [0.25, 0.3) is 0 Å². The molecule has 2 aliphatic heterocycles. The van der Waals surface area contributed by atoms with Crippen molar-refractivity contribution in [3.05, 3.63) is 105 Å². The first-order chi connectivity index (χ1) is 16.9. The minimum absolute atomic E-state index is 0.0135. The van der Waals surface area contributed by atoms with E-state index < -0.39 is 11.0 Å². The van der Waals surface area contributed by atoms with E-state index in [0.717, 1.165) is 17.5 Å². The van der Waals surface area contributed by atoms with Crippen molar-refractivity contribution in [2.45, 2.75) is 38.9 Å². The molecule has 8 heteroatoms. The number of benzene rings is 3. The number of non-ortho nitro benzene ring substituents is 1. The average molecular weight is 472 g/mol. The third kappa shape index (κ3) is 4.59. The Balaban J connectivity index is 1.29. The first-order valence-corrected chi connectivity index (χ1v) is 11.6. The van der Waals surface area contributed by atoms with Crippen LogP contribution >= 0.6 is 0 Å². The smallest absolute Gasteiger partial charge is 0.410 e. The van der Waals surface area contributed by atoms with Gasteiger partial charge in [-0.3, -0.25) is 14.9 Å². The molecule has 8 nitrogen and oxygen atoms in total. The van der Waals surface area contributed by atoms with Gasteiger partial charge < -0.3 is 14.5 Å². The number of carbonyl (C=O) groups is 2. The number of amides is 2. The van der Waals surface area contributed by atoms with Crippen LogP contribution in [0.1, 0.15) is 39.5 Å². The zero-order chi connectivity index (χ0) is 24.5. The van der Waals surface area contributed by atoms with Gasteiger partial charge >= 0.3 is 6.09 Å². The summed E-state index contributed by atoms with van der Waals surface area (Å²) in [5.41, 5.74) is 5.04. The summed E-state index contributed by atoms with van der Waals surface area (Å²) in [6, 6.07) is 19.5. The molecule has 5 rings (SSSR count). The fraction of sp³-hybridized carbons (Fsp3) is 0.259.